The Morgan fingerprint density at radius 1 is 0.852 bits per heavy atom. The van der Waals surface area contributed by atoms with Gasteiger partial charge in [-0.05, 0) is 29.8 Å². The van der Waals surface area contributed by atoms with Gasteiger partial charge in [0, 0.05) is 7.05 Å². The van der Waals surface area contributed by atoms with Gasteiger partial charge in [0.15, 0.2) is 0 Å². The minimum Gasteiger partial charge on any atom is -0.355 e. The van der Waals surface area contributed by atoms with Crippen molar-refractivity contribution in [2.24, 2.45) is 0 Å². The number of hydrogen-bond donors (Lipinski definition) is 1. The van der Waals surface area contributed by atoms with E-state index in [9.17, 15) is 13.2 Å². The van der Waals surface area contributed by atoms with Crippen molar-refractivity contribution in [1.82, 2.24) is 5.32 Å². The summed E-state index contributed by atoms with van der Waals surface area (Å²) in [6.45, 7) is 0.117. The number of sulfonamides is 1. The van der Waals surface area contributed by atoms with Crippen LogP contribution in [0.25, 0.3) is 0 Å². The summed E-state index contributed by atoms with van der Waals surface area (Å²) in [7, 11) is -2.34. The maximum Gasteiger partial charge on any atom is 0.264 e. The van der Waals surface area contributed by atoms with Crippen LogP contribution in [0.4, 0.5) is 5.69 Å². The van der Waals surface area contributed by atoms with Crippen LogP contribution >= 0.6 is 0 Å². The number of nitrogens with zero attached hydrogens (tertiary/aromatic N) is 1. The van der Waals surface area contributed by atoms with Crippen LogP contribution in [0.1, 0.15) is 15.9 Å². The quantitative estimate of drug-likeness (QED) is 0.712. The second-order valence-electron chi connectivity index (χ2n) is 5.91. The largest absolute Gasteiger partial charge is 0.355 e. The highest BCUT2D eigenvalue weighted by molar-refractivity contribution is 7.92. The number of carbonyl (C=O) groups excluding carboxylic acids is 1. The summed E-state index contributed by atoms with van der Waals surface area (Å²) in [5.41, 5.74) is 1.46. The van der Waals surface area contributed by atoms with Crippen LogP contribution in [0.5, 0.6) is 0 Å². The molecule has 0 saturated carbocycles. The number of anilines is 1. The zero-order chi connectivity index (χ0) is 19.3. The van der Waals surface area contributed by atoms with Crippen molar-refractivity contribution in [1.29, 1.82) is 0 Å². The number of amides is 1. The summed E-state index contributed by atoms with van der Waals surface area (Å²) in [4.78, 5) is 12.5. The molecule has 0 saturated heterocycles. The molecular formula is C21H20N2O3S. The third-order valence-corrected chi connectivity index (χ3v) is 5.92. The summed E-state index contributed by atoms with van der Waals surface area (Å²) in [6, 6.07) is 24.2. The third kappa shape index (κ3) is 4.01. The summed E-state index contributed by atoms with van der Waals surface area (Å²) in [5.74, 6) is -0.341. The van der Waals surface area contributed by atoms with Crippen molar-refractivity contribution in [2.45, 2.75) is 11.4 Å². The smallest absolute Gasteiger partial charge is 0.264 e. The topological polar surface area (TPSA) is 66.5 Å². The molecule has 0 aliphatic rings. The SMILES string of the molecule is CNC(=O)c1ccccc1N(Cc1ccccc1)S(=O)(=O)c1ccccc1. The molecule has 5 nitrogen and oxygen atoms in total. The van der Waals surface area contributed by atoms with Gasteiger partial charge >= 0.3 is 0 Å². The molecule has 0 fully saturated rings. The fourth-order valence-corrected chi connectivity index (χ4v) is 4.28. The number of rotatable bonds is 6. The highest BCUT2D eigenvalue weighted by Crippen LogP contribution is 2.29. The van der Waals surface area contributed by atoms with Crippen molar-refractivity contribution in [2.75, 3.05) is 11.4 Å². The predicted molar refractivity (Wildman–Crippen MR) is 106 cm³/mol. The van der Waals surface area contributed by atoms with Gasteiger partial charge in [-0.2, -0.15) is 0 Å². The normalized spacial score (nSPS) is 11.0. The molecule has 3 aromatic rings. The standard InChI is InChI=1S/C21H20N2O3S/c1-22-21(24)19-14-8-9-15-20(19)23(16-17-10-4-2-5-11-17)27(25,26)18-12-6-3-7-13-18/h2-15H,16H2,1H3,(H,22,24). The Morgan fingerprint density at radius 2 is 1.41 bits per heavy atom. The summed E-state index contributed by atoms with van der Waals surface area (Å²) >= 11 is 0. The van der Waals surface area contributed by atoms with Crippen LogP contribution in [0.15, 0.2) is 89.8 Å². The maximum absolute atomic E-state index is 13.4. The molecule has 0 heterocycles. The molecule has 1 N–H and O–H groups in total. The van der Waals surface area contributed by atoms with E-state index in [1.54, 1.807) is 54.6 Å². The number of carbonyl (C=O) groups is 1. The fraction of sp³-hybridized carbons (Fsp3) is 0.0952. The lowest BCUT2D eigenvalue weighted by Crippen LogP contribution is -2.33. The highest BCUT2D eigenvalue weighted by atomic mass is 32.2. The van der Waals surface area contributed by atoms with Gasteiger partial charge in [-0.3, -0.25) is 9.10 Å². The number of para-hydroxylation sites is 1. The summed E-state index contributed by atoms with van der Waals surface area (Å²) in [6.07, 6.45) is 0. The first-order valence-electron chi connectivity index (χ1n) is 8.47. The first-order valence-corrected chi connectivity index (χ1v) is 9.91. The van der Waals surface area contributed by atoms with Crippen LogP contribution in [0.3, 0.4) is 0 Å². The highest BCUT2D eigenvalue weighted by Gasteiger charge is 2.28. The molecule has 0 spiro atoms. The van der Waals surface area contributed by atoms with Gasteiger partial charge in [0.05, 0.1) is 22.7 Å². The zero-order valence-corrected chi connectivity index (χ0v) is 15.7. The molecule has 0 atom stereocenters. The van der Waals surface area contributed by atoms with Crippen molar-refractivity contribution in [3.8, 4) is 0 Å². The Kier molecular flexibility index (Phi) is 5.57. The van der Waals surface area contributed by atoms with Crippen LogP contribution < -0.4 is 9.62 Å². The molecule has 0 bridgehead atoms. The van der Waals surface area contributed by atoms with E-state index in [2.05, 4.69) is 5.32 Å². The Bertz CT molecular complexity index is 1020. The fourth-order valence-electron chi connectivity index (χ4n) is 2.79. The molecule has 1 amide bonds. The lowest BCUT2D eigenvalue weighted by molar-refractivity contribution is 0.0963. The van der Waals surface area contributed by atoms with E-state index in [4.69, 9.17) is 0 Å². The van der Waals surface area contributed by atoms with Gasteiger partial charge < -0.3 is 5.32 Å². The molecule has 27 heavy (non-hydrogen) atoms. The zero-order valence-electron chi connectivity index (χ0n) is 14.9. The van der Waals surface area contributed by atoms with E-state index in [1.165, 1.54) is 11.4 Å². The first kappa shape index (κ1) is 18.7. The molecule has 3 rings (SSSR count). The van der Waals surface area contributed by atoms with Crippen molar-refractivity contribution in [3.63, 3.8) is 0 Å². The van der Waals surface area contributed by atoms with Crippen LogP contribution in [0.2, 0.25) is 0 Å². The van der Waals surface area contributed by atoms with E-state index in [1.807, 2.05) is 30.3 Å². The number of nitrogens with one attached hydrogen (secondary N) is 1. The van der Waals surface area contributed by atoms with Crippen molar-refractivity contribution >= 4 is 21.6 Å². The van der Waals surface area contributed by atoms with Crippen molar-refractivity contribution in [3.05, 3.63) is 96.1 Å². The van der Waals surface area contributed by atoms with Gasteiger partial charge in [-0.15, -0.1) is 0 Å². The molecule has 138 valence electrons. The number of hydrogen-bond acceptors (Lipinski definition) is 3. The average molecular weight is 380 g/mol. The Labute approximate surface area is 159 Å². The predicted octanol–water partition coefficient (Wildman–Crippen LogP) is 3.44. The minimum atomic E-state index is -3.86. The van der Waals surface area contributed by atoms with Gasteiger partial charge in [-0.1, -0.05) is 60.7 Å². The molecule has 6 heteroatoms. The van der Waals surface area contributed by atoms with Crippen LogP contribution in [0, 0.1) is 0 Å². The van der Waals surface area contributed by atoms with Gasteiger partial charge in [0.25, 0.3) is 15.9 Å². The van der Waals surface area contributed by atoms with Gasteiger partial charge in [-0.25, -0.2) is 8.42 Å². The first-order chi connectivity index (χ1) is 13.0. The maximum atomic E-state index is 13.4. The Hall–Kier alpha value is -3.12. The molecule has 0 aliphatic carbocycles. The summed E-state index contributed by atoms with van der Waals surface area (Å²) in [5, 5.41) is 2.57. The van der Waals surface area contributed by atoms with Crippen LogP contribution in [-0.2, 0) is 16.6 Å². The molecular weight excluding hydrogens is 360 g/mol. The van der Waals surface area contributed by atoms with E-state index in [-0.39, 0.29) is 17.3 Å². The second kappa shape index (κ2) is 8.05. The van der Waals surface area contributed by atoms with Crippen LogP contribution in [-0.4, -0.2) is 21.4 Å². The second-order valence-corrected chi connectivity index (χ2v) is 7.77. The van der Waals surface area contributed by atoms with E-state index >= 15 is 0 Å². The third-order valence-electron chi connectivity index (χ3n) is 4.14. The lowest BCUT2D eigenvalue weighted by atomic mass is 10.1. The van der Waals surface area contributed by atoms with E-state index in [0.717, 1.165) is 5.56 Å². The number of benzene rings is 3. The van der Waals surface area contributed by atoms with E-state index < -0.39 is 10.0 Å². The molecule has 0 radical (unpaired) electrons. The summed E-state index contributed by atoms with van der Waals surface area (Å²) < 4.78 is 28.1. The van der Waals surface area contributed by atoms with Gasteiger partial charge in [0.1, 0.15) is 0 Å². The molecule has 3 aromatic carbocycles. The minimum absolute atomic E-state index is 0.117. The van der Waals surface area contributed by atoms with Gasteiger partial charge in [0.2, 0.25) is 0 Å². The Balaban J connectivity index is 2.16. The van der Waals surface area contributed by atoms with Crippen molar-refractivity contribution < 1.29 is 13.2 Å². The monoisotopic (exact) mass is 380 g/mol. The lowest BCUT2D eigenvalue weighted by Gasteiger charge is -2.26. The van der Waals surface area contributed by atoms with E-state index in [0.29, 0.717) is 11.3 Å². The molecule has 0 unspecified atom stereocenters. The molecule has 0 aromatic heterocycles. The Morgan fingerprint density at radius 3 is 2.04 bits per heavy atom. The average Bonchev–Trinajstić information content (AvgIpc) is 2.73. The molecule has 0 aliphatic heterocycles.